The van der Waals surface area contributed by atoms with E-state index in [1.54, 1.807) is 29.3 Å². The summed E-state index contributed by atoms with van der Waals surface area (Å²) in [5.41, 5.74) is 0.954. The zero-order valence-corrected chi connectivity index (χ0v) is 16.0. The van der Waals surface area contributed by atoms with Crippen LogP contribution < -0.4 is 9.80 Å². The van der Waals surface area contributed by atoms with Gasteiger partial charge in [-0.15, -0.1) is 0 Å². The van der Waals surface area contributed by atoms with Crippen molar-refractivity contribution in [1.82, 2.24) is 29.7 Å². The summed E-state index contributed by atoms with van der Waals surface area (Å²) in [6, 6.07) is 5.33. The third-order valence-corrected chi connectivity index (χ3v) is 5.16. The van der Waals surface area contributed by atoms with Crippen LogP contribution in [-0.2, 0) is 6.54 Å². The Morgan fingerprint density at radius 2 is 1.67 bits per heavy atom. The standard InChI is InChI=1S/C20H18F2N8/c21-15-3-2-14(17(22)10-15)12-30-19-16(11-27-30)18(25-13-26-19)28-6-8-29(9-7-28)20-23-4-1-5-24-20/h1-5,10-11,13H,6-9,12H2. The fourth-order valence-corrected chi connectivity index (χ4v) is 3.63. The minimum atomic E-state index is -0.605. The van der Waals surface area contributed by atoms with Crippen LogP contribution in [0.3, 0.4) is 0 Å². The maximum Gasteiger partial charge on any atom is 0.225 e. The molecular formula is C20H18F2N8. The lowest BCUT2D eigenvalue weighted by atomic mass is 10.2. The zero-order valence-electron chi connectivity index (χ0n) is 16.0. The molecule has 1 fully saturated rings. The summed E-state index contributed by atoms with van der Waals surface area (Å²) in [4.78, 5) is 21.7. The molecule has 0 amide bonds. The van der Waals surface area contributed by atoms with Gasteiger partial charge in [0.1, 0.15) is 23.8 Å². The largest absolute Gasteiger partial charge is 0.352 e. The van der Waals surface area contributed by atoms with Crippen LogP contribution >= 0.6 is 0 Å². The maximum absolute atomic E-state index is 14.1. The Morgan fingerprint density at radius 1 is 0.900 bits per heavy atom. The lowest BCUT2D eigenvalue weighted by molar-refractivity contribution is 0.560. The number of halogens is 2. The number of hydrogen-bond acceptors (Lipinski definition) is 7. The molecule has 0 saturated carbocycles. The van der Waals surface area contributed by atoms with Gasteiger partial charge in [-0.05, 0) is 12.1 Å². The number of aromatic nitrogens is 6. The van der Waals surface area contributed by atoms with E-state index in [4.69, 9.17) is 0 Å². The second kappa shape index (κ2) is 7.62. The highest BCUT2D eigenvalue weighted by atomic mass is 19.1. The van der Waals surface area contributed by atoms with Gasteiger partial charge < -0.3 is 9.80 Å². The average molecular weight is 408 g/mol. The van der Waals surface area contributed by atoms with E-state index in [2.05, 4.69) is 34.8 Å². The van der Waals surface area contributed by atoms with E-state index >= 15 is 0 Å². The van der Waals surface area contributed by atoms with Crippen molar-refractivity contribution in [3.05, 3.63) is 66.4 Å². The number of hydrogen-bond donors (Lipinski definition) is 0. The molecule has 5 rings (SSSR count). The fourth-order valence-electron chi connectivity index (χ4n) is 3.63. The van der Waals surface area contributed by atoms with E-state index in [9.17, 15) is 8.78 Å². The Morgan fingerprint density at radius 3 is 2.43 bits per heavy atom. The zero-order chi connectivity index (χ0) is 20.5. The van der Waals surface area contributed by atoms with Crippen molar-refractivity contribution in [2.24, 2.45) is 0 Å². The smallest absolute Gasteiger partial charge is 0.225 e. The first-order chi connectivity index (χ1) is 14.7. The number of fused-ring (bicyclic) bond motifs is 1. The molecule has 10 heteroatoms. The second-order valence-corrected chi connectivity index (χ2v) is 7.00. The van der Waals surface area contributed by atoms with Crippen molar-refractivity contribution in [1.29, 1.82) is 0 Å². The van der Waals surface area contributed by atoms with Crippen molar-refractivity contribution in [3.63, 3.8) is 0 Å². The predicted molar refractivity (Wildman–Crippen MR) is 107 cm³/mol. The molecule has 0 spiro atoms. The van der Waals surface area contributed by atoms with Gasteiger partial charge in [0.05, 0.1) is 18.1 Å². The molecule has 4 heterocycles. The van der Waals surface area contributed by atoms with Gasteiger partial charge in [0.15, 0.2) is 5.65 Å². The highest BCUT2D eigenvalue weighted by molar-refractivity contribution is 5.86. The summed E-state index contributed by atoms with van der Waals surface area (Å²) in [7, 11) is 0. The summed E-state index contributed by atoms with van der Waals surface area (Å²) in [6.07, 6.45) is 6.66. The van der Waals surface area contributed by atoms with Gasteiger partial charge in [-0.1, -0.05) is 6.07 Å². The molecule has 1 aliphatic rings. The first-order valence-electron chi connectivity index (χ1n) is 9.56. The molecule has 0 aliphatic carbocycles. The minimum absolute atomic E-state index is 0.158. The van der Waals surface area contributed by atoms with Crippen LogP contribution in [0.15, 0.2) is 49.2 Å². The summed E-state index contributed by atoms with van der Waals surface area (Å²) in [5.74, 6) is 0.303. The third kappa shape index (κ3) is 3.40. The van der Waals surface area contributed by atoms with E-state index in [1.807, 2.05) is 0 Å². The van der Waals surface area contributed by atoms with Crippen molar-refractivity contribution < 1.29 is 8.78 Å². The molecule has 152 valence electrons. The second-order valence-electron chi connectivity index (χ2n) is 7.00. The Hall–Kier alpha value is -3.69. The summed E-state index contributed by atoms with van der Waals surface area (Å²) in [5, 5.41) is 5.16. The van der Waals surface area contributed by atoms with E-state index < -0.39 is 11.6 Å². The molecule has 30 heavy (non-hydrogen) atoms. The van der Waals surface area contributed by atoms with Gasteiger partial charge in [0, 0.05) is 50.2 Å². The van der Waals surface area contributed by atoms with Crippen molar-refractivity contribution in [2.45, 2.75) is 6.54 Å². The number of piperazine rings is 1. The monoisotopic (exact) mass is 408 g/mol. The number of benzene rings is 1. The Kier molecular flexibility index (Phi) is 4.66. The molecule has 1 aliphatic heterocycles. The molecule has 1 aromatic carbocycles. The van der Waals surface area contributed by atoms with Crippen LogP contribution in [0.2, 0.25) is 0 Å². The van der Waals surface area contributed by atoms with E-state index in [-0.39, 0.29) is 6.54 Å². The van der Waals surface area contributed by atoms with Gasteiger partial charge in [-0.2, -0.15) is 5.10 Å². The number of anilines is 2. The molecular weight excluding hydrogens is 390 g/mol. The Balaban J connectivity index is 1.37. The van der Waals surface area contributed by atoms with Crippen LogP contribution in [0.25, 0.3) is 11.0 Å². The molecule has 0 atom stereocenters. The Bertz CT molecular complexity index is 1170. The fraction of sp³-hybridized carbons (Fsp3) is 0.250. The molecule has 0 N–H and O–H groups in total. The van der Waals surface area contributed by atoms with Gasteiger partial charge in [0.25, 0.3) is 0 Å². The minimum Gasteiger partial charge on any atom is -0.352 e. The highest BCUT2D eigenvalue weighted by Crippen LogP contribution is 2.25. The van der Waals surface area contributed by atoms with Crippen LogP contribution in [-0.4, -0.2) is 55.9 Å². The number of nitrogens with zero attached hydrogens (tertiary/aromatic N) is 8. The predicted octanol–water partition coefficient (Wildman–Crippen LogP) is 2.27. The van der Waals surface area contributed by atoms with Gasteiger partial charge >= 0.3 is 0 Å². The molecule has 0 unspecified atom stereocenters. The van der Waals surface area contributed by atoms with Crippen LogP contribution in [0.1, 0.15) is 5.56 Å². The number of rotatable bonds is 4. The van der Waals surface area contributed by atoms with Crippen LogP contribution in [0.4, 0.5) is 20.5 Å². The van der Waals surface area contributed by atoms with Gasteiger partial charge in [-0.3, -0.25) is 0 Å². The lowest BCUT2D eigenvalue weighted by Crippen LogP contribution is -2.47. The third-order valence-electron chi connectivity index (χ3n) is 5.16. The van der Waals surface area contributed by atoms with Gasteiger partial charge in [-0.25, -0.2) is 33.4 Å². The molecule has 4 aromatic rings. The lowest BCUT2D eigenvalue weighted by Gasteiger charge is -2.35. The average Bonchev–Trinajstić information content (AvgIpc) is 3.19. The van der Waals surface area contributed by atoms with Gasteiger partial charge in [0.2, 0.25) is 5.95 Å². The normalized spacial score (nSPS) is 14.5. The van der Waals surface area contributed by atoms with Crippen molar-refractivity contribution in [2.75, 3.05) is 36.0 Å². The quantitative estimate of drug-likeness (QED) is 0.513. The SMILES string of the molecule is Fc1ccc(Cn2ncc3c(N4CCN(c5ncccn5)CC4)ncnc32)c(F)c1. The Labute approximate surface area is 170 Å². The van der Waals surface area contributed by atoms with Crippen molar-refractivity contribution >= 4 is 22.8 Å². The summed E-state index contributed by atoms with van der Waals surface area (Å²) in [6.45, 7) is 3.20. The highest BCUT2D eigenvalue weighted by Gasteiger charge is 2.22. The van der Waals surface area contributed by atoms with Crippen LogP contribution in [0.5, 0.6) is 0 Å². The molecule has 0 radical (unpaired) electrons. The van der Waals surface area contributed by atoms with E-state index in [0.717, 1.165) is 49.4 Å². The van der Waals surface area contributed by atoms with Crippen molar-refractivity contribution in [3.8, 4) is 0 Å². The first kappa shape index (κ1) is 18.3. The molecule has 3 aromatic heterocycles. The topological polar surface area (TPSA) is 75.9 Å². The van der Waals surface area contributed by atoms with Crippen LogP contribution in [0, 0.1) is 11.6 Å². The molecule has 8 nitrogen and oxygen atoms in total. The first-order valence-corrected chi connectivity index (χ1v) is 9.56. The molecule has 0 bridgehead atoms. The van der Waals surface area contributed by atoms with E-state index in [0.29, 0.717) is 11.2 Å². The van der Waals surface area contributed by atoms with E-state index in [1.165, 1.54) is 18.5 Å². The molecule has 1 saturated heterocycles. The summed E-state index contributed by atoms with van der Waals surface area (Å²) >= 11 is 0. The maximum atomic E-state index is 14.1. The summed E-state index contributed by atoms with van der Waals surface area (Å²) < 4.78 is 28.8.